The zero-order chi connectivity index (χ0) is 12.2. The van der Waals surface area contributed by atoms with E-state index >= 15 is 0 Å². The van der Waals surface area contributed by atoms with Gasteiger partial charge in [-0.05, 0) is 38.0 Å². The lowest BCUT2D eigenvalue weighted by Crippen LogP contribution is -1.94. The van der Waals surface area contributed by atoms with Crippen LogP contribution < -0.4 is 0 Å². The molecular weight excluding hydrogens is 192 g/mol. The third-order valence-electron chi connectivity index (χ3n) is 3.24. The van der Waals surface area contributed by atoms with Gasteiger partial charge in [-0.1, -0.05) is 65.0 Å². The Balaban J connectivity index is 4.06. The standard InChI is InChI=1S/C16H32/c1-5-8-11-15(4)14-16(12-9-6-2)13-10-7-3/h14-15H,5-13H2,1-4H3. The molecule has 0 saturated carbocycles. The number of unbranched alkanes of at least 4 members (excludes halogenated alkanes) is 3. The summed E-state index contributed by atoms with van der Waals surface area (Å²) in [7, 11) is 0. The zero-order valence-electron chi connectivity index (χ0n) is 12.0. The summed E-state index contributed by atoms with van der Waals surface area (Å²) in [6.45, 7) is 9.25. The van der Waals surface area contributed by atoms with Crippen LogP contribution in [-0.4, -0.2) is 0 Å². The molecule has 1 atom stereocenters. The second-order valence-electron chi connectivity index (χ2n) is 5.15. The molecule has 0 aliphatic heterocycles. The van der Waals surface area contributed by atoms with E-state index in [9.17, 15) is 0 Å². The summed E-state index contributed by atoms with van der Waals surface area (Å²) in [5.74, 6) is 0.795. The Bertz CT molecular complexity index is 157. The highest BCUT2D eigenvalue weighted by molar-refractivity contribution is 5.03. The Labute approximate surface area is 104 Å². The molecule has 0 aliphatic carbocycles. The minimum absolute atomic E-state index is 0.795. The lowest BCUT2D eigenvalue weighted by Gasteiger charge is -2.11. The van der Waals surface area contributed by atoms with Gasteiger partial charge in [-0.3, -0.25) is 0 Å². The van der Waals surface area contributed by atoms with Crippen LogP contribution in [0.4, 0.5) is 0 Å². The summed E-state index contributed by atoms with van der Waals surface area (Å²) in [4.78, 5) is 0. The molecule has 0 radical (unpaired) electrons. The molecule has 0 saturated heterocycles. The van der Waals surface area contributed by atoms with Crippen molar-refractivity contribution in [3.63, 3.8) is 0 Å². The third-order valence-corrected chi connectivity index (χ3v) is 3.24. The maximum absolute atomic E-state index is 2.57. The van der Waals surface area contributed by atoms with Gasteiger partial charge < -0.3 is 0 Å². The summed E-state index contributed by atoms with van der Waals surface area (Å²) in [5.41, 5.74) is 1.73. The lowest BCUT2D eigenvalue weighted by molar-refractivity contribution is 0.586. The molecule has 16 heavy (non-hydrogen) atoms. The molecule has 0 aliphatic rings. The van der Waals surface area contributed by atoms with Gasteiger partial charge in [0.1, 0.15) is 0 Å². The first kappa shape index (κ1) is 15.7. The van der Waals surface area contributed by atoms with E-state index in [2.05, 4.69) is 33.8 Å². The first-order valence-electron chi connectivity index (χ1n) is 7.44. The molecule has 0 rings (SSSR count). The second-order valence-corrected chi connectivity index (χ2v) is 5.15. The van der Waals surface area contributed by atoms with Gasteiger partial charge in [0, 0.05) is 0 Å². The van der Waals surface area contributed by atoms with Crippen molar-refractivity contribution in [3.05, 3.63) is 11.6 Å². The highest BCUT2D eigenvalue weighted by atomic mass is 14.1. The largest absolute Gasteiger partial charge is 0.0825 e. The number of rotatable bonds is 10. The van der Waals surface area contributed by atoms with Crippen LogP contribution in [0.15, 0.2) is 11.6 Å². The summed E-state index contributed by atoms with van der Waals surface area (Å²) in [6, 6.07) is 0. The Morgan fingerprint density at radius 3 is 1.81 bits per heavy atom. The first-order chi connectivity index (χ1) is 7.74. The molecule has 0 heterocycles. The molecule has 0 aromatic carbocycles. The van der Waals surface area contributed by atoms with E-state index in [1.165, 1.54) is 57.8 Å². The van der Waals surface area contributed by atoms with Gasteiger partial charge in [-0.25, -0.2) is 0 Å². The van der Waals surface area contributed by atoms with E-state index < -0.39 is 0 Å². The van der Waals surface area contributed by atoms with Crippen molar-refractivity contribution in [2.45, 2.75) is 85.5 Å². The molecular formula is C16H32. The van der Waals surface area contributed by atoms with Gasteiger partial charge in [0.15, 0.2) is 0 Å². The molecule has 0 nitrogen and oxygen atoms in total. The van der Waals surface area contributed by atoms with Crippen molar-refractivity contribution < 1.29 is 0 Å². The quantitative estimate of drug-likeness (QED) is 0.392. The van der Waals surface area contributed by atoms with Crippen LogP contribution >= 0.6 is 0 Å². The SMILES string of the molecule is CCCCC(=CC(C)CCCC)CCCC. The van der Waals surface area contributed by atoms with Crippen LogP contribution in [0, 0.1) is 5.92 Å². The highest BCUT2D eigenvalue weighted by Gasteiger charge is 2.02. The van der Waals surface area contributed by atoms with Crippen LogP contribution in [0.5, 0.6) is 0 Å². The highest BCUT2D eigenvalue weighted by Crippen LogP contribution is 2.19. The smallest absolute Gasteiger partial charge is 0.0259 e. The van der Waals surface area contributed by atoms with Crippen molar-refractivity contribution in [2.75, 3.05) is 0 Å². The lowest BCUT2D eigenvalue weighted by atomic mass is 9.95. The minimum Gasteiger partial charge on any atom is -0.0825 e. The van der Waals surface area contributed by atoms with Gasteiger partial charge in [0.2, 0.25) is 0 Å². The topological polar surface area (TPSA) is 0 Å². The van der Waals surface area contributed by atoms with E-state index in [4.69, 9.17) is 0 Å². The zero-order valence-corrected chi connectivity index (χ0v) is 12.0. The van der Waals surface area contributed by atoms with Crippen LogP contribution in [0.3, 0.4) is 0 Å². The first-order valence-corrected chi connectivity index (χ1v) is 7.44. The Morgan fingerprint density at radius 1 is 0.875 bits per heavy atom. The predicted molar refractivity (Wildman–Crippen MR) is 75.8 cm³/mol. The molecule has 96 valence electrons. The molecule has 0 heteroatoms. The molecule has 0 aromatic heterocycles. The normalized spacial score (nSPS) is 12.5. The van der Waals surface area contributed by atoms with E-state index in [-0.39, 0.29) is 0 Å². The maximum atomic E-state index is 2.57. The average Bonchev–Trinajstić information content (AvgIpc) is 2.30. The van der Waals surface area contributed by atoms with Crippen molar-refractivity contribution in [1.29, 1.82) is 0 Å². The summed E-state index contributed by atoms with van der Waals surface area (Å²) >= 11 is 0. The molecule has 1 unspecified atom stereocenters. The Hall–Kier alpha value is -0.260. The summed E-state index contributed by atoms with van der Waals surface area (Å²) in [5, 5.41) is 0. The van der Waals surface area contributed by atoms with E-state index in [0.717, 1.165) is 5.92 Å². The minimum atomic E-state index is 0.795. The van der Waals surface area contributed by atoms with Crippen molar-refractivity contribution in [1.82, 2.24) is 0 Å². The summed E-state index contributed by atoms with van der Waals surface area (Å²) < 4.78 is 0. The van der Waals surface area contributed by atoms with Crippen LogP contribution in [0.2, 0.25) is 0 Å². The van der Waals surface area contributed by atoms with Gasteiger partial charge in [0.25, 0.3) is 0 Å². The molecule has 0 aromatic rings. The van der Waals surface area contributed by atoms with Crippen molar-refractivity contribution in [2.24, 2.45) is 5.92 Å². The van der Waals surface area contributed by atoms with E-state index in [0.29, 0.717) is 0 Å². The molecule has 0 fully saturated rings. The Morgan fingerprint density at radius 2 is 1.38 bits per heavy atom. The fourth-order valence-corrected chi connectivity index (χ4v) is 2.11. The third kappa shape index (κ3) is 9.00. The molecule has 0 N–H and O–H groups in total. The van der Waals surface area contributed by atoms with Gasteiger partial charge in [-0.2, -0.15) is 0 Å². The molecule has 0 bridgehead atoms. The fraction of sp³-hybridized carbons (Fsp3) is 0.875. The monoisotopic (exact) mass is 224 g/mol. The number of hydrogen-bond acceptors (Lipinski definition) is 0. The van der Waals surface area contributed by atoms with Gasteiger partial charge in [0.05, 0.1) is 0 Å². The van der Waals surface area contributed by atoms with Crippen molar-refractivity contribution >= 4 is 0 Å². The van der Waals surface area contributed by atoms with Gasteiger partial charge in [-0.15, -0.1) is 0 Å². The second kappa shape index (κ2) is 11.2. The van der Waals surface area contributed by atoms with Crippen LogP contribution in [0.1, 0.15) is 85.5 Å². The van der Waals surface area contributed by atoms with E-state index in [1.807, 2.05) is 0 Å². The Kier molecular flexibility index (Phi) is 11.0. The van der Waals surface area contributed by atoms with Crippen LogP contribution in [-0.2, 0) is 0 Å². The summed E-state index contributed by atoms with van der Waals surface area (Å²) in [6.07, 6.45) is 14.7. The number of hydrogen-bond donors (Lipinski definition) is 0. The molecule has 0 amide bonds. The molecule has 0 spiro atoms. The predicted octanol–water partition coefficient (Wildman–Crippen LogP) is 6.12. The van der Waals surface area contributed by atoms with Crippen molar-refractivity contribution in [3.8, 4) is 0 Å². The van der Waals surface area contributed by atoms with E-state index in [1.54, 1.807) is 5.57 Å². The fourth-order valence-electron chi connectivity index (χ4n) is 2.11. The average molecular weight is 224 g/mol. The van der Waals surface area contributed by atoms with Gasteiger partial charge >= 0.3 is 0 Å². The number of allylic oxidation sites excluding steroid dienone is 2. The van der Waals surface area contributed by atoms with Crippen LogP contribution in [0.25, 0.3) is 0 Å². The maximum Gasteiger partial charge on any atom is -0.0259 e.